The summed E-state index contributed by atoms with van der Waals surface area (Å²) in [6.07, 6.45) is 8.27. The van der Waals surface area contributed by atoms with E-state index in [2.05, 4.69) is 4.90 Å². The Kier molecular flexibility index (Phi) is 3.42. The van der Waals surface area contributed by atoms with E-state index in [-0.39, 0.29) is 11.5 Å². The Morgan fingerprint density at radius 1 is 1.00 bits per heavy atom. The highest BCUT2D eigenvalue weighted by Gasteiger charge is 2.72. The summed E-state index contributed by atoms with van der Waals surface area (Å²) in [6, 6.07) is 0. The van der Waals surface area contributed by atoms with Crippen molar-refractivity contribution in [3.63, 3.8) is 0 Å². The van der Waals surface area contributed by atoms with E-state index in [1.54, 1.807) is 13.8 Å². The standard InChI is InChI=1S/C18H27NO4/c1-17(2)22-15(20)14(16(21)23-17)18(19-10-6-3-7-11-19)12-8-4-5-9-13(12)18/h12-13,20H,3-11H2,1-2H3/t12-,13+,18?. The predicted octanol–water partition coefficient (Wildman–Crippen LogP) is 3.11. The van der Waals surface area contributed by atoms with Crippen LogP contribution in [0.5, 0.6) is 0 Å². The van der Waals surface area contributed by atoms with E-state index >= 15 is 0 Å². The SMILES string of the molecule is CC1(C)OC(=O)C(C2(N3CCCCC3)[C@@H]3CCCC[C@@H]32)=C(O)O1. The molecule has 2 heterocycles. The van der Waals surface area contributed by atoms with Gasteiger partial charge in [-0.25, -0.2) is 4.79 Å². The normalized spacial score (nSPS) is 40.2. The van der Waals surface area contributed by atoms with Crippen molar-refractivity contribution in [2.45, 2.75) is 70.1 Å². The molecule has 4 aliphatic rings. The fraction of sp³-hybridized carbons (Fsp3) is 0.833. The first-order valence-corrected chi connectivity index (χ1v) is 9.08. The van der Waals surface area contributed by atoms with Gasteiger partial charge in [0.05, 0.1) is 5.54 Å². The van der Waals surface area contributed by atoms with E-state index in [0.717, 1.165) is 38.8 Å². The van der Waals surface area contributed by atoms with Crippen molar-refractivity contribution >= 4 is 5.97 Å². The number of carbonyl (C=O) groups is 1. The molecule has 128 valence electrons. The summed E-state index contributed by atoms with van der Waals surface area (Å²) in [4.78, 5) is 15.2. The van der Waals surface area contributed by atoms with Gasteiger partial charge in [0.1, 0.15) is 5.57 Å². The van der Waals surface area contributed by atoms with Crippen molar-refractivity contribution in [3.8, 4) is 0 Å². The average Bonchev–Trinajstić information content (AvgIpc) is 3.16. The van der Waals surface area contributed by atoms with Gasteiger partial charge in [-0.05, 0) is 50.6 Å². The van der Waals surface area contributed by atoms with Crippen LogP contribution in [0.4, 0.5) is 0 Å². The average molecular weight is 321 g/mol. The Bertz CT molecular complexity index is 535. The Labute approximate surface area is 137 Å². The number of fused-ring (bicyclic) bond motifs is 1. The molecule has 3 fully saturated rings. The van der Waals surface area contributed by atoms with Crippen LogP contribution in [0.2, 0.25) is 0 Å². The van der Waals surface area contributed by atoms with Gasteiger partial charge in [-0.15, -0.1) is 0 Å². The van der Waals surface area contributed by atoms with Crippen LogP contribution in [0.1, 0.15) is 58.8 Å². The molecule has 1 N–H and O–H groups in total. The number of carbonyl (C=O) groups excluding carboxylic acids is 1. The van der Waals surface area contributed by atoms with E-state index < -0.39 is 11.8 Å². The van der Waals surface area contributed by atoms with Crippen LogP contribution in [0.3, 0.4) is 0 Å². The van der Waals surface area contributed by atoms with Gasteiger partial charge in [0, 0.05) is 13.8 Å². The van der Waals surface area contributed by atoms with Gasteiger partial charge >= 0.3 is 5.97 Å². The maximum atomic E-state index is 12.7. The summed E-state index contributed by atoms with van der Waals surface area (Å²) >= 11 is 0. The third kappa shape index (κ3) is 2.19. The molecule has 5 nitrogen and oxygen atoms in total. The molecule has 3 atom stereocenters. The second-order valence-corrected chi connectivity index (χ2v) is 7.94. The number of ether oxygens (including phenoxy) is 2. The van der Waals surface area contributed by atoms with Crippen LogP contribution in [0, 0.1) is 11.8 Å². The van der Waals surface area contributed by atoms with Crippen molar-refractivity contribution < 1.29 is 19.4 Å². The van der Waals surface area contributed by atoms with E-state index in [1.807, 2.05) is 0 Å². The van der Waals surface area contributed by atoms with Crippen LogP contribution in [-0.2, 0) is 14.3 Å². The third-order valence-corrected chi connectivity index (χ3v) is 6.17. The highest BCUT2D eigenvalue weighted by atomic mass is 16.8. The van der Waals surface area contributed by atoms with Gasteiger partial charge in [0.15, 0.2) is 0 Å². The first kappa shape index (κ1) is 15.3. The zero-order chi connectivity index (χ0) is 16.2. The molecule has 4 rings (SSSR count). The van der Waals surface area contributed by atoms with E-state index in [1.165, 1.54) is 19.3 Å². The second-order valence-electron chi connectivity index (χ2n) is 7.94. The van der Waals surface area contributed by atoms with Gasteiger partial charge in [-0.1, -0.05) is 19.3 Å². The monoisotopic (exact) mass is 321 g/mol. The lowest BCUT2D eigenvalue weighted by Crippen LogP contribution is -2.50. The maximum absolute atomic E-state index is 12.7. The summed E-state index contributed by atoms with van der Waals surface area (Å²) in [5.41, 5.74) is 0.0600. The number of rotatable bonds is 2. The number of esters is 1. The summed E-state index contributed by atoms with van der Waals surface area (Å²) in [5.74, 6) is -0.758. The lowest BCUT2D eigenvalue weighted by molar-refractivity contribution is -0.224. The van der Waals surface area contributed by atoms with Gasteiger partial charge in [0.25, 0.3) is 11.7 Å². The lowest BCUT2D eigenvalue weighted by Gasteiger charge is -2.40. The fourth-order valence-electron chi connectivity index (χ4n) is 5.36. The summed E-state index contributed by atoms with van der Waals surface area (Å²) in [7, 11) is 0. The van der Waals surface area contributed by atoms with Crippen LogP contribution in [-0.4, -0.2) is 40.4 Å². The number of hydrogen-bond acceptors (Lipinski definition) is 5. The molecule has 5 heteroatoms. The molecule has 2 saturated carbocycles. The summed E-state index contributed by atoms with van der Waals surface area (Å²) in [5, 5.41) is 10.6. The molecular weight excluding hydrogens is 294 g/mol. The van der Waals surface area contributed by atoms with Crippen LogP contribution in [0.25, 0.3) is 0 Å². The molecule has 0 aromatic heterocycles. The van der Waals surface area contributed by atoms with Crippen molar-refractivity contribution in [2.24, 2.45) is 11.8 Å². The molecule has 2 aliphatic carbocycles. The lowest BCUT2D eigenvalue weighted by atomic mass is 9.95. The molecule has 2 aliphatic heterocycles. The van der Waals surface area contributed by atoms with Gasteiger partial charge < -0.3 is 14.6 Å². The van der Waals surface area contributed by atoms with Gasteiger partial charge in [-0.3, -0.25) is 4.90 Å². The summed E-state index contributed by atoms with van der Waals surface area (Å²) < 4.78 is 11.0. The topological polar surface area (TPSA) is 59.0 Å². The van der Waals surface area contributed by atoms with E-state index in [0.29, 0.717) is 17.4 Å². The minimum Gasteiger partial charge on any atom is -0.480 e. The molecule has 1 unspecified atom stereocenters. The Hall–Kier alpha value is -1.23. The second kappa shape index (κ2) is 5.13. The number of hydrogen-bond donors (Lipinski definition) is 1. The maximum Gasteiger partial charge on any atom is 0.346 e. The number of aliphatic hydroxyl groups excluding tert-OH is 1. The van der Waals surface area contributed by atoms with Crippen LogP contribution < -0.4 is 0 Å². The first-order chi connectivity index (χ1) is 11.0. The minimum absolute atomic E-state index is 0.203. The smallest absolute Gasteiger partial charge is 0.346 e. The Morgan fingerprint density at radius 3 is 2.17 bits per heavy atom. The minimum atomic E-state index is -1.09. The Morgan fingerprint density at radius 2 is 1.61 bits per heavy atom. The molecular formula is C18H27NO4. The number of cyclic esters (lactones) is 1. The van der Waals surface area contributed by atoms with Crippen molar-refractivity contribution in [2.75, 3.05) is 13.1 Å². The number of nitrogens with zero attached hydrogens (tertiary/aromatic N) is 1. The first-order valence-electron chi connectivity index (χ1n) is 9.08. The van der Waals surface area contributed by atoms with E-state index in [9.17, 15) is 9.90 Å². The van der Waals surface area contributed by atoms with E-state index in [4.69, 9.17) is 9.47 Å². The van der Waals surface area contributed by atoms with Crippen LogP contribution >= 0.6 is 0 Å². The van der Waals surface area contributed by atoms with Crippen molar-refractivity contribution in [3.05, 3.63) is 11.5 Å². The zero-order valence-electron chi connectivity index (χ0n) is 14.1. The van der Waals surface area contributed by atoms with Crippen molar-refractivity contribution in [1.82, 2.24) is 4.90 Å². The quantitative estimate of drug-likeness (QED) is 0.792. The molecule has 0 aromatic carbocycles. The van der Waals surface area contributed by atoms with Crippen LogP contribution in [0.15, 0.2) is 11.5 Å². The zero-order valence-corrected chi connectivity index (χ0v) is 14.1. The largest absolute Gasteiger partial charge is 0.480 e. The molecule has 0 spiro atoms. The number of aliphatic hydroxyl groups is 1. The highest BCUT2D eigenvalue weighted by Crippen LogP contribution is 2.66. The molecule has 0 bridgehead atoms. The third-order valence-electron chi connectivity index (χ3n) is 6.17. The molecule has 0 amide bonds. The Balaban J connectivity index is 1.76. The van der Waals surface area contributed by atoms with Gasteiger partial charge in [-0.2, -0.15) is 0 Å². The van der Waals surface area contributed by atoms with Crippen molar-refractivity contribution in [1.29, 1.82) is 0 Å². The highest BCUT2D eigenvalue weighted by molar-refractivity contribution is 5.93. The predicted molar refractivity (Wildman–Crippen MR) is 84.5 cm³/mol. The number of likely N-dealkylation sites (tertiary alicyclic amines) is 1. The molecule has 1 saturated heterocycles. The number of piperidine rings is 1. The molecule has 23 heavy (non-hydrogen) atoms. The molecule has 0 radical (unpaired) electrons. The van der Waals surface area contributed by atoms with Gasteiger partial charge in [0.2, 0.25) is 0 Å². The molecule has 0 aromatic rings. The fourth-order valence-corrected chi connectivity index (χ4v) is 5.36. The summed E-state index contributed by atoms with van der Waals surface area (Å²) in [6.45, 7) is 5.32.